The van der Waals surface area contributed by atoms with Crippen LogP contribution >= 0.6 is 0 Å². The summed E-state index contributed by atoms with van der Waals surface area (Å²) in [6.07, 6.45) is 3.58. The topological polar surface area (TPSA) is 12.4 Å². The fraction of sp³-hybridized carbons (Fsp3) is 0.500. The molecule has 0 N–H and O–H groups in total. The van der Waals surface area contributed by atoms with Crippen molar-refractivity contribution in [2.45, 2.75) is 45.8 Å². The van der Waals surface area contributed by atoms with Crippen molar-refractivity contribution < 1.29 is 0 Å². The largest absolute Gasteiger partial charge is 0.325 e. The van der Waals surface area contributed by atoms with Crippen molar-refractivity contribution in [3.63, 3.8) is 0 Å². The number of nitrogens with zero attached hydrogens (tertiary/aromatic N) is 1. The summed E-state index contributed by atoms with van der Waals surface area (Å²) in [5, 5.41) is 0. The molecule has 1 nitrogen and oxygen atoms in total. The van der Waals surface area contributed by atoms with E-state index in [0.29, 0.717) is 0 Å². The molecule has 0 fully saturated rings. The van der Waals surface area contributed by atoms with Crippen LogP contribution in [0.1, 0.15) is 31.7 Å². The van der Waals surface area contributed by atoms with Crippen LogP contribution in [-0.4, -0.2) is 13.9 Å². The van der Waals surface area contributed by atoms with Gasteiger partial charge in [0.1, 0.15) is 0 Å². The molecule has 0 saturated heterocycles. The molecule has 0 atom stereocenters. The lowest BCUT2D eigenvalue weighted by Crippen LogP contribution is -2.20. The van der Waals surface area contributed by atoms with Crippen LogP contribution in [0.4, 0.5) is 0 Å². The van der Waals surface area contributed by atoms with E-state index in [-0.39, 0.29) is 0 Å². The predicted octanol–water partition coefficient (Wildman–Crippen LogP) is 4.50. The molecule has 0 saturated carbocycles. The number of unbranched alkanes of at least 4 members (excludes halogenated alkanes) is 1. The van der Waals surface area contributed by atoms with Gasteiger partial charge < -0.3 is 4.66 Å². The van der Waals surface area contributed by atoms with Crippen LogP contribution in [0.25, 0.3) is 0 Å². The zero-order valence-corrected chi connectivity index (χ0v) is 12.0. The third-order valence-electron chi connectivity index (χ3n) is 2.34. The van der Waals surface area contributed by atoms with E-state index in [1.165, 1.54) is 24.1 Å². The van der Waals surface area contributed by atoms with Gasteiger partial charge in [-0.25, -0.2) is 0 Å². The minimum Gasteiger partial charge on any atom is -0.325 e. The van der Waals surface area contributed by atoms with Gasteiger partial charge in [-0.3, -0.25) is 0 Å². The van der Waals surface area contributed by atoms with Crippen LogP contribution in [0, 0.1) is 0 Å². The third-order valence-corrected chi connectivity index (χ3v) is 3.29. The zero-order chi connectivity index (χ0) is 12.0. The molecule has 2 heteroatoms. The Morgan fingerprint density at radius 2 is 1.75 bits per heavy atom. The average Bonchev–Trinajstić information content (AvgIpc) is 2.24. The van der Waals surface area contributed by atoms with Crippen molar-refractivity contribution in [2.24, 2.45) is 4.66 Å². The van der Waals surface area contributed by atoms with Gasteiger partial charge in [0, 0.05) is 5.71 Å². The molecular formula is C14H23NSi. The number of rotatable bonds is 5. The highest BCUT2D eigenvalue weighted by Crippen LogP contribution is 2.12. The second-order valence-electron chi connectivity index (χ2n) is 5.20. The van der Waals surface area contributed by atoms with E-state index >= 15 is 0 Å². The summed E-state index contributed by atoms with van der Waals surface area (Å²) in [6, 6.07) is 10.6. The van der Waals surface area contributed by atoms with E-state index < -0.39 is 8.24 Å². The van der Waals surface area contributed by atoms with Gasteiger partial charge in [-0.15, -0.1) is 0 Å². The highest BCUT2D eigenvalue weighted by atomic mass is 28.3. The SMILES string of the molecule is CCCC/C(=N/[Si](C)(C)C)c1ccccc1. The molecule has 1 aromatic carbocycles. The van der Waals surface area contributed by atoms with Crippen LogP contribution in [0.3, 0.4) is 0 Å². The maximum Gasteiger partial charge on any atom is 0.172 e. The molecule has 0 heterocycles. The monoisotopic (exact) mass is 233 g/mol. The first-order valence-electron chi connectivity index (χ1n) is 6.17. The van der Waals surface area contributed by atoms with Crippen molar-refractivity contribution >= 4 is 13.9 Å². The Morgan fingerprint density at radius 3 is 2.25 bits per heavy atom. The Kier molecular flexibility index (Phi) is 4.94. The predicted molar refractivity (Wildman–Crippen MR) is 75.9 cm³/mol. The van der Waals surface area contributed by atoms with E-state index in [1.54, 1.807) is 0 Å². The highest BCUT2D eigenvalue weighted by Gasteiger charge is 2.13. The fourth-order valence-corrected chi connectivity index (χ4v) is 2.70. The quantitative estimate of drug-likeness (QED) is 0.524. The van der Waals surface area contributed by atoms with Gasteiger partial charge >= 0.3 is 0 Å². The van der Waals surface area contributed by atoms with Crippen LogP contribution in [0.15, 0.2) is 35.0 Å². The Hall–Kier alpha value is -0.893. The van der Waals surface area contributed by atoms with Gasteiger partial charge in [0.15, 0.2) is 8.24 Å². The van der Waals surface area contributed by atoms with Gasteiger partial charge in [0.2, 0.25) is 0 Å². The Bertz CT molecular complexity index is 336. The molecule has 1 aromatic rings. The fourth-order valence-electron chi connectivity index (χ4n) is 1.64. The smallest absolute Gasteiger partial charge is 0.172 e. The Balaban J connectivity index is 2.92. The molecule has 1 rings (SSSR count). The molecule has 0 bridgehead atoms. The van der Waals surface area contributed by atoms with E-state index in [4.69, 9.17) is 4.66 Å². The van der Waals surface area contributed by atoms with Gasteiger partial charge in [0.25, 0.3) is 0 Å². The third kappa shape index (κ3) is 4.75. The summed E-state index contributed by atoms with van der Waals surface area (Å²) in [4.78, 5) is 0. The second-order valence-corrected chi connectivity index (χ2v) is 9.76. The summed E-state index contributed by atoms with van der Waals surface area (Å²) in [5.41, 5.74) is 2.61. The molecule has 0 aliphatic rings. The molecule has 0 spiro atoms. The van der Waals surface area contributed by atoms with Gasteiger partial charge in [-0.2, -0.15) is 0 Å². The van der Waals surface area contributed by atoms with Crippen LogP contribution in [0.2, 0.25) is 19.6 Å². The van der Waals surface area contributed by atoms with Gasteiger partial charge in [-0.05, 0) is 38.0 Å². The first-order chi connectivity index (χ1) is 7.53. The summed E-state index contributed by atoms with van der Waals surface area (Å²) in [7, 11) is -1.37. The number of benzene rings is 1. The molecular weight excluding hydrogens is 210 g/mol. The van der Waals surface area contributed by atoms with E-state index in [9.17, 15) is 0 Å². The zero-order valence-electron chi connectivity index (χ0n) is 11.0. The maximum atomic E-state index is 4.97. The molecule has 0 radical (unpaired) electrons. The first kappa shape index (κ1) is 13.2. The van der Waals surface area contributed by atoms with E-state index in [0.717, 1.165) is 6.42 Å². The van der Waals surface area contributed by atoms with E-state index in [2.05, 4.69) is 56.9 Å². The number of hydrogen-bond donors (Lipinski definition) is 0. The van der Waals surface area contributed by atoms with Crippen LogP contribution < -0.4 is 0 Å². The maximum absolute atomic E-state index is 4.97. The Morgan fingerprint density at radius 1 is 1.12 bits per heavy atom. The molecule has 0 aromatic heterocycles. The van der Waals surface area contributed by atoms with Crippen molar-refractivity contribution in [3.05, 3.63) is 35.9 Å². The molecule has 16 heavy (non-hydrogen) atoms. The van der Waals surface area contributed by atoms with Crippen molar-refractivity contribution in [1.29, 1.82) is 0 Å². The highest BCUT2D eigenvalue weighted by molar-refractivity contribution is 6.75. The summed E-state index contributed by atoms with van der Waals surface area (Å²) in [6.45, 7) is 9.11. The Labute approximate surface area is 101 Å². The van der Waals surface area contributed by atoms with Crippen molar-refractivity contribution in [3.8, 4) is 0 Å². The summed E-state index contributed by atoms with van der Waals surface area (Å²) < 4.78 is 4.97. The number of hydrogen-bond acceptors (Lipinski definition) is 1. The summed E-state index contributed by atoms with van der Waals surface area (Å²) >= 11 is 0. The molecule has 0 amide bonds. The van der Waals surface area contributed by atoms with Crippen molar-refractivity contribution in [1.82, 2.24) is 0 Å². The minimum atomic E-state index is -1.37. The van der Waals surface area contributed by atoms with Gasteiger partial charge in [-0.1, -0.05) is 43.7 Å². The summed E-state index contributed by atoms with van der Waals surface area (Å²) in [5.74, 6) is 0. The van der Waals surface area contributed by atoms with E-state index in [1.807, 2.05) is 0 Å². The molecule has 0 unspecified atom stereocenters. The average molecular weight is 233 g/mol. The molecule has 88 valence electrons. The lowest BCUT2D eigenvalue weighted by molar-refractivity contribution is 0.836. The lowest BCUT2D eigenvalue weighted by atomic mass is 10.1. The minimum absolute atomic E-state index is 1.12. The van der Waals surface area contributed by atoms with Crippen molar-refractivity contribution in [2.75, 3.05) is 0 Å². The van der Waals surface area contributed by atoms with Crippen LogP contribution in [-0.2, 0) is 0 Å². The van der Waals surface area contributed by atoms with Gasteiger partial charge in [0.05, 0.1) is 0 Å². The standard InChI is InChI=1S/C14H23NSi/c1-5-6-12-14(15-16(2,3)4)13-10-8-7-9-11-13/h7-11H,5-6,12H2,1-4H3/b15-14-. The second kappa shape index (κ2) is 5.99. The first-order valence-corrected chi connectivity index (χ1v) is 9.62. The normalized spacial score (nSPS) is 12.9. The van der Waals surface area contributed by atoms with Crippen LogP contribution in [0.5, 0.6) is 0 Å². The molecule has 0 aliphatic carbocycles. The lowest BCUT2D eigenvalue weighted by Gasteiger charge is -2.14. The molecule has 0 aliphatic heterocycles.